The lowest BCUT2D eigenvalue weighted by Crippen LogP contribution is -2.56. The van der Waals surface area contributed by atoms with E-state index in [0.29, 0.717) is 18.8 Å². The van der Waals surface area contributed by atoms with Gasteiger partial charge in [-0.15, -0.1) is 0 Å². The van der Waals surface area contributed by atoms with Gasteiger partial charge in [-0.25, -0.2) is 4.79 Å². The van der Waals surface area contributed by atoms with Crippen molar-refractivity contribution < 1.29 is 14.3 Å². The molecule has 1 N–H and O–H groups in total. The number of benzene rings is 1. The van der Waals surface area contributed by atoms with Crippen LogP contribution in [0.1, 0.15) is 23.2 Å². The van der Waals surface area contributed by atoms with Crippen LogP contribution >= 0.6 is 0 Å². The third kappa shape index (κ3) is 3.02. The zero-order valence-electron chi connectivity index (χ0n) is 15.2. The first kappa shape index (κ1) is 16.5. The number of hydrogen-bond acceptors (Lipinski definition) is 5. The standard InChI is InChI=1S/C20H22N4O3/c1-23-7-6-19(22-23)24-10-17(16-4-2-3-5-18(16)24)20(25)27-15-8-13-11-26-12-14(9-15)21-13/h2-7,10,13-15,21H,8-9,11-12H2,1H3/t13-,14+,15?. The van der Waals surface area contributed by atoms with Crippen molar-refractivity contribution in [2.45, 2.75) is 31.0 Å². The molecule has 27 heavy (non-hydrogen) atoms. The molecule has 2 bridgehead atoms. The van der Waals surface area contributed by atoms with Gasteiger partial charge in [0.05, 0.1) is 24.3 Å². The summed E-state index contributed by atoms with van der Waals surface area (Å²) in [7, 11) is 1.88. The molecule has 140 valence electrons. The summed E-state index contributed by atoms with van der Waals surface area (Å²) in [6.07, 6.45) is 5.23. The van der Waals surface area contributed by atoms with Gasteiger partial charge < -0.3 is 14.8 Å². The van der Waals surface area contributed by atoms with Gasteiger partial charge in [-0.1, -0.05) is 18.2 Å². The zero-order chi connectivity index (χ0) is 18.4. The maximum Gasteiger partial charge on any atom is 0.340 e. The predicted molar refractivity (Wildman–Crippen MR) is 100 cm³/mol. The second-order valence-electron chi connectivity index (χ2n) is 7.37. The van der Waals surface area contributed by atoms with Gasteiger partial charge in [-0.3, -0.25) is 9.25 Å². The SMILES string of the molecule is Cn1ccc(-n2cc(C(=O)OC3C[C@H]4COC[C@@H](C3)N4)c3ccccc32)n1. The molecule has 1 unspecified atom stereocenters. The number of fused-ring (bicyclic) bond motifs is 3. The average Bonchev–Trinajstić information content (AvgIpc) is 3.25. The molecule has 3 atom stereocenters. The molecule has 2 saturated heterocycles. The van der Waals surface area contributed by atoms with Crippen molar-refractivity contribution in [1.29, 1.82) is 0 Å². The first-order valence-corrected chi connectivity index (χ1v) is 9.32. The summed E-state index contributed by atoms with van der Waals surface area (Å²) in [5.41, 5.74) is 1.52. The van der Waals surface area contributed by atoms with Gasteiger partial charge >= 0.3 is 5.97 Å². The number of morpholine rings is 1. The molecule has 1 aromatic carbocycles. The monoisotopic (exact) mass is 366 g/mol. The van der Waals surface area contributed by atoms with Crippen molar-refractivity contribution in [3.8, 4) is 5.82 Å². The minimum atomic E-state index is -0.272. The summed E-state index contributed by atoms with van der Waals surface area (Å²) < 4.78 is 15.2. The summed E-state index contributed by atoms with van der Waals surface area (Å²) in [6, 6.07) is 10.3. The van der Waals surface area contributed by atoms with Crippen LogP contribution < -0.4 is 5.32 Å². The Bertz CT molecular complexity index is 980. The van der Waals surface area contributed by atoms with Crippen LogP contribution in [0.5, 0.6) is 0 Å². The Labute approximate surface area is 156 Å². The van der Waals surface area contributed by atoms with Crippen LogP contribution in [0.2, 0.25) is 0 Å². The number of ether oxygens (including phenoxy) is 2. The van der Waals surface area contributed by atoms with Crippen LogP contribution in [-0.2, 0) is 16.5 Å². The Morgan fingerprint density at radius 1 is 1.22 bits per heavy atom. The lowest BCUT2D eigenvalue weighted by molar-refractivity contribution is -0.0339. The molecule has 2 aliphatic heterocycles. The molecule has 2 aliphatic rings. The zero-order valence-corrected chi connectivity index (χ0v) is 15.2. The van der Waals surface area contributed by atoms with Crippen molar-refractivity contribution >= 4 is 16.9 Å². The van der Waals surface area contributed by atoms with Gasteiger partial charge in [-0.2, -0.15) is 5.10 Å². The topological polar surface area (TPSA) is 70.3 Å². The molecule has 0 spiro atoms. The molecule has 5 rings (SSSR count). The molecule has 7 nitrogen and oxygen atoms in total. The van der Waals surface area contributed by atoms with Crippen LogP contribution in [0, 0.1) is 0 Å². The molecule has 3 aromatic rings. The highest BCUT2D eigenvalue weighted by Crippen LogP contribution is 2.27. The quantitative estimate of drug-likeness (QED) is 0.719. The lowest BCUT2D eigenvalue weighted by atomic mass is 9.94. The van der Waals surface area contributed by atoms with Gasteiger partial charge in [0.25, 0.3) is 0 Å². The van der Waals surface area contributed by atoms with E-state index in [1.807, 2.05) is 54.3 Å². The summed E-state index contributed by atoms with van der Waals surface area (Å²) >= 11 is 0. The number of rotatable bonds is 3. The van der Waals surface area contributed by atoms with Crippen molar-refractivity contribution in [2.75, 3.05) is 13.2 Å². The van der Waals surface area contributed by atoms with Crippen LogP contribution in [0.4, 0.5) is 0 Å². The number of nitrogens with zero attached hydrogens (tertiary/aromatic N) is 3. The molecule has 0 aliphatic carbocycles. The molecule has 0 amide bonds. The van der Waals surface area contributed by atoms with Crippen LogP contribution in [0.25, 0.3) is 16.7 Å². The van der Waals surface area contributed by atoms with Crippen molar-refractivity contribution in [3.05, 3.63) is 48.3 Å². The van der Waals surface area contributed by atoms with Gasteiger partial charge in [0.15, 0.2) is 5.82 Å². The minimum Gasteiger partial charge on any atom is -0.459 e. The van der Waals surface area contributed by atoms with E-state index in [1.165, 1.54) is 0 Å². The second-order valence-corrected chi connectivity index (χ2v) is 7.37. The fourth-order valence-corrected chi connectivity index (χ4v) is 4.16. The molecule has 0 saturated carbocycles. The fourth-order valence-electron chi connectivity index (χ4n) is 4.16. The van der Waals surface area contributed by atoms with Crippen molar-refractivity contribution in [2.24, 2.45) is 7.05 Å². The maximum absolute atomic E-state index is 13.0. The highest BCUT2D eigenvalue weighted by molar-refractivity contribution is 6.04. The number of para-hydroxylation sites is 1. The largest absolute Gasteiger partial charge is 0.459 e. The minimum absolute atomic E-state index is 0.0744. The number of carbonyl (C=O) groups is 1. The van der Waals surface area contributed by atoms with Crippen LogP contribution in [0.3, 0.4) is 0 Å². The Hall–Kier alpha value is -2.64. The molecule has 2 fully saturated rings. The molecule has 7 heteroatoms. The summed E-state index contributed by atoms with van der Waals surface area (Å²) in [4.78, 5) is 13.0. The highest BCUT2D eigenvalue weighted by Gasteiger charge is 2.34. The van der Waals surface area contributed by atoms with Gasteiger partial charge in [0.2, 0.25) is 0 Å². The van der Waals surface area contributed by atoms with Gasteiger partial charge in [0, 0.05) is 55.8 Å². The van der Waals surface area contributed by atoms with E-state index >= 15 is 0 Å². The maximum atomic E-state index is 13.0. The van der Waals surface area contributed by atoms with Gasteiger partial charge in [0.1, 0.15) is 6.10 Å². The van der Waals surface area contributed by atoms with E-state index in [9.17, 15) is 4.79 Å². The van der Waals surface area contributed by atoms with E-state index in [-0.39, 0.29) is 24.2 Å². The van der Waals surface area contributed by atoms with Crippen molar-refractivity contribution in [3.63, 3.8) is 0 Å². The second kappa shape index (κ2) is 6.51. The summed E-state index contributed by atoms with van der Waals surface area (Å²) in [5, 5.41) is 8.87. The number of aromatic nitrogens is 3. The molecule has 4 heterocycles. The lowest BCUT2D eigenvalue weighted by Gasteiger charge is -2.39. The number of esters is 1. The smallest absolute Gasteiger partial charge is 0.340 e. The third-order valence-electron chi connectivity index (χ3n) is 5.36. The normalized spacial score (nSPS) is 24.9. The van der Waals surface area contributed by atoms with Gasteiger partial charge in [-0.05, 0) is 6.07 Å². The molecular weight excluding hydrogens is 344 g/mol. The van der Waals surface area contributed by atoms with E-state index in [2.05, 4.69) is 10.4 Å². The first-order chi connectivity index (χ1) is 13.2. The number of aryl methyl sites for hydroxylation is 1. The van der Waals surface area contributed by atoms with E-state index < -0.39 is 0 Å². The molecule has 0 radical (unpaired) electrons. The number of nitrogens with one attached hydrogen (secondary N) is 1. The third-order valence-corrected chi connectivity index (χ3v) is 5.36. The Morgan fingerprint density at radius 2 is 2.00 bits per heavy atom. The summed E-state index contributed by atoms with van der Waals surface area (Å²) in [6.45, 7) is 1.37. The van der Waals surface area contributed by atoms with E-state index in [1.54, 1.807) is 4.68 Å². The first-order valence-electron chi connectivity index (χ1n) is 9.32. The predicted octanol–water partition coefficient (Wildman–Crippen LogP) is 2.04. The van der Waals surface area contributed by atoms with Crippen LogP contribution in [-0.4, -0.2) is 51.7 Å². The fraction of sp³-hybridized carbons (Fsp3) is 0.400. The number of piperidine rings is 1. The highest BCUT2D eigenvalue weighted by atomic mass is 16.5. The van der Waals surface area contributed by atoms with E-state index in [4.69, 9.17) is 9.47 Å². The molecule has 2 aromatic heterocycles. The Balaban J connectivity index is 1.45. The summed E-state index contributed by atoms with van der Waals surface area (Å²) in [5.74, 6) is 0.507. The Kier molecular flexibility index (Phi) is 3.98. The Morgan fingerprint density at radius 3 is 2.74 bits per heavy atom. The molecular formula is C20H22N4O3. The van der Waals surface area contributed by atoms with E-state index in [0.717, 1.165) is 29.6 Å². The van der Waals surface area contributed by atoms with Crippen molar-refractivity contribution in [1.82, 2.24) is 19.7 Å². The van der Waals surface area contributed by atoms with Crippen LogP contribution in [0.15, 0.2) is 42.7 Å². The average molecular weight is 366 g/mol. The number of carbonyl (C=O) groups excluding carboxylic acids is 1. The number of hydrogen-bond donors (Lipinski definition) is 1.